The van der Waals surface area contributed by atoms with Crippen LogP contribution in [0.3, 0.4) is 0 Å². The van der Waals surface area contributed by atoms with Crippen LogP contribution in [0.4, 0.5) is 0 Å². The summed E-state index contributed by atoms with van der Waals surface area (Å²) in [5.41, 5.74) is 0.543. The molecular weight excluding hydrogens is 172 g/mol. The van der Waals surface area contributed by atoms with E-state index in [1.54, 1.807) is 6.20 Å². The number of halogens is 1. The first-order valence-corrected chi connectivity index (χ1v) is 4.02. The fourth-order valence-electron chi connectivity index (χ4n) is 0.749. The fraction of sp³-hybridized carbons (Fsp3) is 0.333. The molecule has 0 bridgehead atoms. The first-order valence-electron chi connectivity index (χ1n) is 3.64. The first kappa shape index (κ1) is 9.02. The van der Waals surface area contributed by atoms with Crippen molar-refractivity contribution in [1.29, 1.82) is 0 Å². The van der Waals surface area contributed by atoms with E-state index in [-0.39, 0.29) is 5.92 Å². The van der Waals surface area contributed by atoms with E-state index in [1.807, 2.05) is 13.8 Å². The maximum absolute atomic E-state index is 5.78. The van der Waals surface area contributed by atoms with Crippen LogP contribution >= 0.6 is 11.6 Å². The largest absolute Gasteiger partial charge is 0.240 e. The van der Waals surface area contributed by atoms with Crippen molar-refractivity contribution in [3.8, 4) is 12.3 Å². The average molecular weight is 181 g/mol. The lowest BCUT2D eigenvalue weighted by molar-refractivity contribution is 0.773. The van der Waals surface area contributed by atoms with Crippen LogP contribution in [-0.2, 0) is 0 Å². The van der Waals surface area contributed by atoms with Gasteiger partial charge in [0, 0.05) is 12.1 Å². The molecule has 0 spiro atoms. The Balaban J connectivity index is 3.12. The van der Waals surface area contributed by atoms with Crippen molar-refractivity contribution >= 4 is 11.6 Å². The number of aromatic nitrogens is 2. The van der Waals surface area contributed by atoms with Crippen molar-refractivity contribution in [3.63, 3.8) is 0 Å². The lowest BCUT2D eigenvalue weighted by Crippen LogP contribution is -1.98. The molecule has 2 nitrogen and oxygen atoms in total. The van der Waals surface area contributed by atoms with Gasteiger partial charge >= 0.3 is 0 Å². The van der Waals surface area contributed by atoms with Gasteiger partial charge in [-0.1, -0.05) is 31.4 Å². The Bertz CT molecular complexity index is 326. The van der Waals surface area contributed by atoms with Crippen LogP contribution in [0.15, 0.2) is 6.20 Å². The second-order valence-corrected chi connectivity index (χ2v) is 3.09. The maximum atomic E-state index is 5.78. The molecule has 3 heteroatoms. The van der Waals surface area contributed by atoms with E-state index in [9.17, 15) is 0 Å². The van der Waals surface area contributed by atoms with E-state index in [0.29, 0.717) is 10.7 Å². The van der Waals surface area contributed by atoms with Crippen molar-refractivity contribution in [2.24, 2.45) is 0 Å². The highest BCUT2D eigenvalue weighted by atomic mass is 35.5. The van der Waals surface area contributed by atoms with Crippen LogP contribution in [0.1, 0.15) is 31.2 Å². The summed E-state index contributed by atoms with van der Waals surface area (Å²) in [4.78, 5) is 8.13. The van der Waals surface area contributed by atoms with E-state index in [1.165, 1.54) is 0 Å². The third-order valence-corrected chi connectivity index (χ3v) is 1.72. The summed E-state index contributed by atoms with van der Waals surface area (Å²) in [6, 6.07) is 0. The number of nitrogens with zero attached hydrogens (tertiary/aromatic N) is 2. The molecule has 1 heterocycles. The zero-order valence-corrected chi connectivity index (χ0v) is 7.76. The van der Waals surface area contributed by atoms with Gasteiger partial charge in [0.25, 0.3) is 0 Å². The van der Waals surface area contributed by atoms with Gasteiger partial charge in [-0.15, -0.1) is 6.42 Å². The Kier molecular flexibility index (Phi) is 2.67. The predicted octanol–water partition coefficient (Wildman–Crippen LogP) is 2.23. The summed E-state index contributed by atoms with van der Waals surface area (Å²) in [6.45, 7) is 4.00. The SMILES string of the molecule is C#Cc1cnc(C(C)C)nc1Cl. The lowest BCUT2D eigenvalue weighted by Gasteiger charge is -2.03. The Morgan fingerprint density at radius 3 is 2.67 bits per heavy atom. The molecule has 1 aromatic heterocycles. The maximum Gasteiger partial charge on any atom is 0.148 e. The quantitative estimate of drug-likeness (QED) is 0.489. The van der Waals surface area contributed by atoms with Gasteiger partial charge in [0.15, 0.2) is 0 Å². The third-order valence-electron chi connectivity index (χ3n) is 1.43. The topological polar surface area (TPSA) is 25.8 Å². The minimum absolute atomic E-state index is 0.273. The molecule has 0 aliphatic heterocycles. The van der Waals surface area contributed by atoms with Crippen LogP contribution in [0.2, 0.25) is 5.15 Å². The molecule has 0 unspecified atom stereocenters. The van der Waals surface area contributed by atoms with Gasteiger partial charge in [-0.3, -0.25) is 0 Å². The summed E-state index contributed by atoms with van der Waals surface area (Å²) in [7, 11) is 0. The Morgan fingerprint density at radius 2 is 2.25 bits per heavy atom. The molecule has 0 saturated heterocycles. The van der Waals surface area contributed by atoms with Gasteiger partial charge in [-0.25, -0.2) is 9.97 Å². The Hall–Kier alpha value is -1.07. The normalized spacial score (nSPS) is 9.92. The van der Waals surface area contributed by atoms with Crippen molar-refractivity contribution in [2.45, 2.75) is 19.8 Å². The minimum atomic E-state index is 0.273. The highest BCUT2D eigenvalue weighted by molar-refractivity contribution is 6.30. The molecule has 1 rings (SSSR count). The first-order chi connectivity index (χ1) is 5.65. The van der Waals surface area contributed by atoms with E-state index in [2.05, 4.69) is 15.9 Å². The number of hydrogen-bond acceptors (Lipinski definition) is 2. The smallest absolute Gasteiger partial charge is 0.148 e. The summed E-state index contributed by atoms with van der Waals surface area (Å²) in [6.07, 6.45) is 6.74. The molecule has 1 aromatic rings. The molecule has 12 heavy (non-hydrogen) atoms. The number of hydrogen-bond donors (Lipinski definition) is 0. The number of terminal acetylenes is 1. The third kappa shape index (κ3) is 1.75. The molecule has 0 atom stereocenters. The molecule has 62 valence electrons. The standard InChI is InChI=1S/C9H9ClN2/c1-4-7-5-11-9(6(2)3)12-8(7)10/h1,5-6H,2-3H3. The lowest BCUT2D eigenvalue weighted by atomic mass is 10.2. The second-order valence-electron chi connectivity index (χ2n) is 2.73. The van der Waals surface area contributed by atoms with Gasteiger partial charge in [0.1, 0.15) is 11.0 Å². The van der Waals surface area contributed by atoms with Crippen molar-refractivity contribution in [2.75, 3.05) is 0 Å². The molecular formula is C9H9ClN2. The molecule has 0 radical (unpaired) electrons. The van der Waals surface area contributed by atoms with E-state index in [4.69, 9.17) is 18.0 Å². The van der Waals surface area contributed by atoms with Gasteiger partial charge in [-0.2, -0.15) is 0 Å². The van der Waals surface area contributed by atoms with Crippen LogP contribution < -0.4 is 0 Å². The van der Waals surface area contributed by atoms with E-state index in [0.717, 1.165) is 5.82 Å². The highest BCUT2D eigenvalue weighted by Crippen LogP contribution is 2.14. The second kappa shape index (κ2) is 3.55. The molecule has 0 aliphatic carbocycles. The van der Waals surface area contributed by atoms with Crippen molar-refractivity contribution < 1.29 is 0 Å². The molecule has 0 amide bonds. The van der Waals surface area contributed by atoms with E-state index < -0.39 is 0 Å². The van der Waals surface area contributed by atoms with Crippen molar-refractivity contribution in [3.05, 3.63) is 22.7 Å². The number of rotatable bonds is 1. The molecule has 0 aromatic carbocycles. The molecule has 0 fully saturated rings. The van der Waals surface area contributed by atoms with E-state index >= 15 is 0 Å². The van der Waals surface area contributed by atoms with Crippen LogP contribution in [0.25, 0.3) is 0 Å². The van der Waals surface area contributed by atoms with Gasteiger partial charge < -0.3 is 0 Å². The Morgan fingerprint density at radius 1 is 1.58 bits per heavy atom. The molecule has 0 aliphatic rings. The minimum Gasteiger partial charge on any atom is -0.240 e. The Labute approximate surface area is 77.0 Å². The monoisotopic (exact) mass is 180 g/mol. The summed E-state index contributed by atoms with van der Waals surface area (Å²) in [5.74, 6) is 3.40. The van der Waals surface area contributed by atoms with Crippen LogP contribution in [-0.4, -0.2) is 9.97 Å². The van der Waals surface area contributed by atoms with Crippen molar-refractivity contribution in [1.82, 2.24) is 9.97 Å². The molecule has 0 saturated carbocycles. The van der Waals surface area contributed by atoms with Gasteiger partial charge in [0.05, 0.1) is 5.56 Å². The zero-order chi connectivity index (χ0) is 9.14. The summed E-state index contributed by atoms with van der Waals surface area (Å²) < 4.78 is 0. The van der Waals surface area contributed by atoms with Crippen LogP contribution in [0.5, 0.6) is 0 Å². The summed E-state index contributed by atoms with van der Waals surface area (Å²) >= 11 is 5.78. The average Bonchev–Trinajstić information content (AvgIpc) is 2.04. The highest BCUT2D eigenvalue weighted by Gasteiger charge is 2.05. The van der Waals surface area contributed by atoms with Gasteiger partial charge in [-0.05, 0) is 0 Å². The fourth-order valence-corrected chi connectivity index (χ4v) is 0.939. The summed E-state index contributed by atoms with van der Waals surface area (Å²) in [5, 5.41) is 0.358. The van der Waals surface area contributed by atoms with Crippen LogP contribution in [0, 0.1) is 12.3 Å². The zero-order valence-electron chi connectivity index (χ0n) is 7.00. The molecule has 0 N–H and O–H groups in total. The predicted molar refractivity (Wildman–Crippen MR) is 49.1 cm³/mol. The van der Waals surface area contributed by atoms with Gasteiger partial charge in [0.2, 0.25) is 0 Å².